The minimum Gasteiger partial charge on any atom is -0.378 e. The Morgan fingerprint density at radius 1 is 1.32 bits per heavy atom. The molecule has 1 aromatic rings. The Kier molecular flexibility index (Phi) is 5.06. The molecule has 4 rings (SSSR count). The van der Waals surface area contributed by atoms with E-state index in [-0.39, 0.29) is 5.60 Å². The smallest absolute Gasteiger partial charge is 0.185 e. The van der Waals surface area contributed by atoms with Gasteiger partial charge in [0, 0.05) is 58.0 Å². The van der Waals surface area contributed by atoms with Gasteiger partial charge in [-0.05, 0) is 44.4 Å². The first-order valence-corrected chi connectivity index (χ1v) is 10.4. The Balaban J connectivity index is 1.42. The molecule has 1 aromatic heterocycles. The van der Waals surface area contributed by atoms with Crippen LogP contribution in [0.4, 0.5) is 5.13 Å². The molecule has 0 bridgehead atoms. The number of fused-ring (bicyclic) bond motifs is 1. The summed E-state index contributed by atoms with van der Waals surface area (Å²) < 4.78 is 12.3. The Labute approximate surface area is 155 Å². The number of rotatable bonds is 7. The summed E-state index contributed by atoms with van der Waals surface area (Å²) in [6.45, 7) is 3.07. The number of thiazole rings is 1. The van der Waals surface area contributed by atoms with Crippen molar-refractivity contribution in [3.05, 3.63) is 11.1 Å². The van der Waals surface area contributed by atoms with Gasteiger partial charge in [0.2, 0.25) is 0 Å². The molecule has 140 valence electrons. The lowest BCUT2D eigenvalue weighted by Crippen LogP contribution is -2.51. The van der Waals surface area contributed by atoms with Gasteiger partial charge in [0.1, 0.15) is 0 Å². The van der Waals surface area contributed by atoms with Crippen LogP contribution in [0.25, 0.3) is 0 Å². The maximum absolute atomic E-state index is 6.24. The van der Waals surface area contributed by atoms with Crippen molar-refractivity contribution in [2.24, 2.45) is 5.92 Å². The maximum Gasteiger partial charge on any atom is 0.185 e. The molecule has 2 heterocycles. The lowest BCUT2D eigenvalue weighted by atomic mass is 9.79. The highest BCUT2D eigenvalue weighted by Gasteiger charge is 2.51. The third kappa shape index (κ3) is 3.72. The third-order valence-corrected chi connectivity index (χ3v) is 7.35. The van der Waals surface area contributed by atoms with Gasteiger partial charge in [-0.25, -0.2) is 4.98 Å². The van der Waals surface area contributed by atoms with E-state index in [1.807, 2.05) is 13.3 Å². The van der Waals surface area contributed by atoms with E-state index in [4.69, 9.17) is 9.47 Å². The summed E-state index contributed by atoms with van der Waals surface area (Å²) in [5, 5.41) is 1.08. The van der Waals surface area contributed by atoms with Crippen LogP contribution in [0, 0.1) is 5.92 Å². The van der Waals surface area contributed by atoms with Crippen LogP contribution in [0.5, 0.6) is 0 Å². The molecule has 0 amide bonds. The first-order chi connectivity index (χ1) is 12.1. The zero-order valence-electron chi connectivity index (χ0n) is 15.7. The third-order valence-electron chi connectivity index (χ3n) is 6.20. The number of methoxy groups -OCH3 is 1. The number of anilines is 1. The van der Waals surface area contributed by atoms with Crippen LogP contribution in [-0.2, 0) is 16.0 Å². The van der Waals surface area contributed by atoms with E-state index >= 15 is 0 Å². The van der Waals surface area contributed by atoms with Crippen molar-refractivity contribution >= 4 is 16.5 Å². The lowest BCUT2D eigenvalue weighted by molar-refractivity contribution is -0.103. The molecule has 25 heavy (non-hydrogen) atoms. The summed E-state index contributed by atoms with van der Waals surface area (Å²) in [6.07, 6.45) is 9.71. The van der Waals surface area contributed by atoms with Crippen LogP contribution in [-0.4, -0.2) is 62.0 Å². The highest BCUT2D eigenvalue weighted by Crippen LogP contribution is 2.44. The predicted molar refractivity (Wildman–Crippen MR) is 101 cm³/mol. The number of hydrogen-bond acceptors (Lipinski definition) is 6. The van der Waals surface area contributed by atoms with Crippen molar-refractivity contribution in [1.29, 1.82) is 0 Å². The van der Waals surface area contributed by atoms with Crippen LogP contribution < -0.4 is 4.90 Å². The zero-order chi connectivity index (χ0) is 17.4. The second-order valence-electron chi connectivity index (χ2n) is 8.18. The highest BCUT2D eigenvalue weighted by molar-refractivity contribution is 7.15. The van der Waals surface area contributed by atoms with E-state index in [0.717, 1.165) is 56.4 Å². The number of aromatic nitrogens is 1. The fraction of sp³-hybridized carbons (Fsp3) is 0.842. The number of nitrogens with zero attached hydrogens (tertiary/aromatic N) is 3. The zero-order valence-corrected chi connectivity index (χ0v) is 16.6. The van der Waals surface area contributed by atoms with E-state index in [0.29, 0.717) is 12.1 Å². The fourth-order valence-electron chi connectivity index (χ4n) is 4.43. The molecule has 0 radical (unpaired) electrons. The van der Waals surface area contributed by atoms with Crippen molar-refractivity contribution in [1.82, 2.24) is 9.88 Å². The predicted octanol–water partition coefficient (Wildman–Crippen LogP) is 3.15. The normalized spacial score (nSPS) is 32.8. The molecule has 3 atom stereocenters. The number of hydrogen-bond donors (Lipinski definition) is 0. The Hall–Kier alpha value is -0.690. The molecule has 6 heteroatoms. The van der Waals surface area contributed by atoms with Crippen LogP contribution in [0.1, 0.15) is 43.4 Å². The molecule has 1 saturated heterocycles. The van der Waals surface area contributed by atoms with E-state index in [1.165, 1.54) is 17.7 Å². The summed E-state index contributed by atoms with van der Waals surface area (Å²) in [7, 11) is 6.01. The molecule has 3 aliphatic rings. The molecular weight excluding hydrogens is 334 g/mol. The summed E-state index contributed by atoms with van der Waals surface area (Å²) in [5.41, 5.74) is 0.0362. The van der Waals surface area contributed by atoms with Crippen molar-refractivity contribution in [2.45, 2.75) is 62.8 Å². The SMILES string of the molecule is CO[C@@]12CC[C@H](OCC3CC3)C[C@@H]1N(Cc1cnc(N(C)C)s1)CC2. The minimum atomic E-state index is 0.0362. The molecule has 5 nitrogen and oxygen atoms in total. The molecule has 0 aromatic carbocycles. The first-order valence-electron chi connectivity index (χ1n) is 9.62. The standard InChI is InChI=1S/C19H31N3O2S/c1-21(2)18-20-11-16(25-18)12-22-9-8-19(23-3)7-6-15(10-17(19)22)24-13-14-4-5-14/h11,14-15,17H,4-10,12-13H2,1-3H3/t15-,17-,19+/m0/s1. The Morgan fingerprint density at radius 2 is 2.16 bits per heavy atom. The average Bonchev–Trinajstić information content (AvgIpc) is 3.21. The van der Waals surface area contributed by atoms with E-state index in [2.05, 4.69) is 28.9 Å². The molecule has 3 fully saturated rings. The second-order valence-corrected chi connectivity index (χ2v) is 9.28. The van der Waals surface area contributed by atoms with E-state index < -0.39 is 0 Å². The monoisotopic (exact) mass is 365 g/mol. The van der Waals surface area contributed by atoms with Gasteiger partial charge >= 0.3 is 0 Å². The van der Waals surface area contributed by atoms with Crippen LogP contribution in [0.15, 0.2) is 6.20 Å². The maximum atomic E-state index is 6.24. The molecule has 0 N–H and O–H groups in total. The van der Waals surface area contributed by atoms with Gasteiger partial charge in [0.15, 0.2) is 5.13 Å². The van der Waals surface area contributed by atoms with Gasteiger partial charge in [-0.1, -0.05) is 0 Å². The van der Waals surface area contributed by atoms with Crippen molar-refractivity contribution in [3.63, 3.8) is 0 Å². The summed E-state index contributed by atoms with van der Waals surface area (Å²) in [6, 6.07) is 0.473. The van der Waals surface area contributed by atoms with Gasteiger partial charge in [-0.3, -0.25) is 4.90 Å². The van der Waals surface area contributed by atoms with Crippen LogP contribution >= 0.6 is 11.3 Å². The van der Waals surface area contributed by atoms with E-state index in [1.54, 1.807) is 11.3 Å². The van der Waals surface area contributed by atoms with Gasteiger partial charge in [-0.2, -0.15) is 0 Å². The van der Waals surface area contributed by atoms with Crippen molar-refractivity contribution in [2.75, 3.05) is 39.3 Å². The largest absolute Gasteiger partial charge is 0.378 e. The molecule has 0 spiro atoms. The summed E-state index contributed by atoms with van der Waals surface area (Å²) >= 11 is 1.80. The molecule has 2 saturated carbocycles. The highest BCUT2D eigenvalue weighted by atomic mass is 32.1. The van der Waals surface area contributed by atoms with Crippen molar-refractivity contribution in [3.8, 4) is 0 Å². The van der Waals surface area contributed by atoms with Gasteiger partial charge in [-0.15, -0.1) is 11.3 Å². The van der Waals surface area contributed by atoms with E-state index in [9.17, 15) is 0 Å². The minimum absolute atomic E-state index is 0.0362. The first kappa shape index (κ1) is 17.7. The van der Waals surface area contributed by atoms with Gasteiger partial charge in [0.25, 0.3) is 0 Å². The van der Waals surface area contributed by atoms with Gasteiger partial charge in [0.05, 0.1) is 11.7 Å². The van der Waals surface area contributed by atoms with Crippen LogP contribution in [0.3, 0.4) is 0 Å². The quantitative estimate of drug-likeness (QED) is 0.742. The second kappa shape index (κ2) is 7.14. The number of ether oxygens (including phenoxy) is 2. The topological polar surface area (TPSA) is 37.8 Å². The van der Waals surface area contributed by atoms with Crippen molar-refractivity contribution < 1.29 is 9.47 Å². The molecule has 0 unspecified atom stereocenters. The Morgan fingerprint density at radius 3 is 2.84 bits per heavy atom. The lowest BCUT2D eigenvalue weighted by Gasteiger charge is -2.43. The summed E-state index contributed by atoms with van der Waals surface area (Å²) in [4.78, 5) is 10.6. The fourth-order valence-corrected chi connectivity index (χ4v) is 5.29. The average molecular weight is 366 g/mol. The van der Waals surface area contributed by atoms with Crippen LogP contribution in [0.2, 0.25) is 0 Å². The Bertz CT molecular complexity index is 589. The summed E-state index contributed by atoms with van der Waals surface area (Å²) in [5.74, 6) is 0.843. The molecular formula is C19H31N3O2S. The molecule has 2 aliphatic carbocycles. The van der Waals surface area contributed by atoms with Gasteiger partial charge < -0.3 is 14.4 Å². The number of likely N-dealkylation sites (tertiary alicyclic amines) is 1. The molecule has 1 aliphatic heterocycles.